The highest BCUT2D eigenvalue weighted by atomic mass is 16.5. The van der Waals surface area contributed by atoms with Crippen molar-refractivity contribution in [2.75, 3.05) is 30.8 Å². The van der Waals surface area contributed by atoms with Crippen molar-refractivity contribution < 1.29 is 4.74 Å². The standard InChI is InChI=1S/C13H22N2O/c1-2-3-10-16-11-6-9-15-13-8-5-4-7-12(13)14/h4-5,7-8,15H,2-3,6,9-11,14H2,1H3. The first-order valence-electron chi connectivity index (χ1n) is 6.00. The van der Waals surface area contributed by atoms with E-state index in [2.05, 4.69) is 12.2 Å². The van der Waals surface area contributed by atoms with Crippen molar-refractivity contribution >= 4 is 11.4 Å². The van der Waals surface area contributed by atoms with Crippen LogP contribution in [0.25, 0.3) is 0 Å². The van der Waals surface area contributed by atoms with Crippen LogP contribution in [0.3, 0.4) is 0 Å². The third kappa shape index (κ3) is 5.03. The Balaban J connectivity index is 2.05. The van der Waals surface area contributed by atoms with Crippen molar-refractivity contribution in [1.29, 1.82) is 0 Å². The fourth-order valence-electron chi connectivity index (χ4n) is 1.40. The Kier molecular flexibility index (Phi) is 6.42. The van der Waals surface area contributed by atoms with Crippen molar-refractivity contribution in [3.8, 4) is 0 Å². The van der Waals surface area contributed by atoms with Gasteiger partial charge in [-0.3, -0.25) is 0 Å². The number of benzene rings is 1. The molecule has 0 aliphatic rings. The molecule has 0 aliphatic heterocycles. The van der Waals surface area contributed by atoms with Crippen LogP contribution in [0.2, 0.25) is 0 Å². The van der Waals surface area contributed by atoms with Gasteiger partial charge in [-0.25, -0.2) is 0 Å². The molecule has 0 bridgehead atoms. The Morgan fingerprint density at radius 2 is 1.94 bits per heavy atom. The topological polar surface area (TPSA) is 47.3 Å². The SMILES string of the molecule is CCCCOCCCNc1ccccc1N. The third-order valence-electron chi connectivity index (χ3n) is 2.38. The van der Waals surface area contributed by atoms with Crippen molar-refractivity contribution in [3.63, 3.8) is 0 Å². The molecule has 3 heteroatoms. The molecule has 0 spiro atoms. The van der Waals surface area contributed by atoms with Gasteiger partial charge in [0.05, 0.1) is 11.4 Å². The number of ether oxygens (including phenoxy) is 1. The van der Waals surface area contributed by atoms with Crippen LogP contribution in [0, 0.1) is 0 Å². The van der Waals surface area contributed by atoms with Gasteiger partial charge in [-0.05, 0) is 25.0 Å². The Morgan fingerprint density at radius 3 is 2.69 bits per heavy atom. The van der Waals surface area contributed by atoms with Crippen molar-refractivity contribution in [1.82, 2.24) is 0 Å². The smallest absolute Gasteiger partial charge is 0.0573 e. The molecule has 0 unspecified atom stereocenters. The normalized spacial score (nSPS) is 10.3. The number of nitrogen functional groups attached to an aromatic ring is 1. The van der Waals surface area contributed by atoms with Crippen LogP contribution in [-0.4, -0.2) is 19.8 Å². The number of hydrogen-bond acceptors (Lipinski definition) is 3. The number of hydrogen-bond donors (Lipinski definition) is 2. The molecular formula is C13H22N2O. The molecule has 0 amide bonds. The molecule has 0 heterocycles. The van der Waals surface area contributed by atoms with Crippen LogP contribution >= 0.6 is 0 Å². The number of para-hydroxylation sites is 2. The molecule has 3 nitrogen and oxygen atoms in total. The lowest BCUT2D eigenvalue weighted by atomic mass is 10.2. The van der Waals surface area contributed by atoms with Gasteiger partial charge in [0, 0.05) is 19.8 Å². The zero-order valence-corrected chi connectivity index (χ0v) is 10.0. The molecule has 0 saturated heterocycles. The molecule has 0 saturated carbocycles. The van der Waals surface area contributed by atoms with Crippen LogP contribution < -0.4 is 11.1 Å². The molecule has 16 heavy (non-hydrogen) atoms. The molecule has 1 aromatic carbocycles. The summed E-state index contributed by atoms with van der Waals surface area (Å²) in [7, 11) is 0. The van der Waals surface area contributed by atoms with Gasteiger partial charge >= 0.3 is 0 Å². The molecule has 0 radical (unpaired) electrons. The molecule has 3 N–H and O–H groups in total. The minimum Gasteiger partial charge on any atom is -0.397 e. The van der Waals surface area contributed by atoms with Gasteiger partial charge in [-0.2, -0.15) is 0 Å². The van der Waals surface area contributed by atoms with Gasteiger partial charge in [-0.15, -0.1) is 0 Å². The summed E-state index contributed by atoms with van der Waals surface area (Å²) in [4.78, 5) is 0. The monoisotopic (exact) mass is 222 g/mol. The van der Waals surface area contributed by atoms with Crippen molar-refractivity contribution in [2.24, 2.45) is 0 Å². The Labute approximate surface area is 98.0 Å². The average molecular weight is 222 g/mol. The molecule has 0 aliphatic carbocycles. The van der Waals surface area contributed by atoms with E-state index >= 15 is 0 Å². The number of unbranched alkanes of at least 4 members (excludes halogenated alkanes) is 1. The van der Waals surface area contributed by atoms with E-state index in [0.717, 1.165) is 44.0 Å². The number of nitrogens with one attached hydrogen (secondary N) is 1. The molecule has 0 fully saturated rings. The Morgan fingerprint density at radius 1 is 1.19 bits per heavy atom. The van der Waals surface area contributed by atoms with E-state index in [-0.39, 0.29) is 0 Å². The summed E-state index contributed by atoms with van der Waals surface area (Å²) in [5.74, 6) is 0. The quantitative estimate of drug-likeness (QED) is 0.525. The highest BCUT2D eigenvalue weighted by Gasteiger charge is 1.95. The van der Waals surface area contributed by atoms with Gasteiger partial charge in [-0.1, -0.05) is 25.5 Å². The highest BCUT2D eigenvalue weighted by Crippen LogP contribution is 2.16. The van der Waals surface area contributed by atoms with Gasteiger partial charge in [0.2, 0.25) is 0 Å². The minimum absolute atomic E-state index is 0.800. The number of nitrogens with two attached hydrogens (primary N) is 1. The maximum absolute atomic E-state index is 5.81. The summed E-state index contributed by atoms with van der Waals surface area (Å²) in [6, 6.07) is 7.82. The summed E-state index contributed by atoms with van der Waals surface area (Å²) < 4.78 is 5.47. The third-order valence-corrected chi connectivity index (χ3v) is 2.38. The number of rotatable bonds is 8. The van der Waals surface area contributed by atoms with Gasteiger partial charge in [0.1, 0.15) is 0 Å². The highest BCUT2D eigenvalue weighted by molar-refractivity contribution is 5.65. The zero-order valence-electron chi connectivity index (χ0n) is 10.0. The molecule has 0 atom stereocenters. The average Bonchev–Trinajstić information content (AvgIpc) is 2.30. The van der Waals surface area contributed by atoms with E-state index in [1.54, 1.807) is 0 Å². The van der Waals surface area contributed by atoms with E-state index in [9.17, 15) is 0 Å². The van der Waals surface area contributed by atoms with Crippen molar-refractivity contribution in [2.45, 2.75) is 26.2 Å². The van der Waals surface area contributed by atoms with E-state index < -0.39 is 0 Å². The van der Waals surface area contributed by atoms with E-state index in [1.165, 1.54) is 6.42 Å². The minimum atomic E-state index is 0.800. The summed E-state index contributed by atoms with van der Waals surface area (Å²) in [5, 5.41) is 3.30. The van der Waals surface area contributed by atoms with Gasteiger partial charge in [0.25, 0.3) is 0 Å². The van der Waals surface area contributed by atoms with E-state index in [0.29, 0.717) is 0 Å². The lowest BCUT2D eigenvalue weighted by Crippen LogP contribution is -2.07. The molecule has 1 aromatic rings. The first kappa shape index (κ1) is 12.8. The molecular weight excluding hydrogens is 200 g/mol. The summed E-state index contributed by atoms with van der Waals surface area (Å²) in [6.45, 7) is 4.77. The second-order valence-corrected chi connectivity index (χ2v) is 3.83. The van der Waals surface area contributed by atoms with E-state index in [1.807, 2.05) is 24.3 Å². The molecule has 0 aromatic heterocycles. The first-order valence-corrected chi connectivity index (χ1v) is 6.00. The maximum Gasteiger partial charge on any atom is 0.0573 e. The first-order chi connectivity index (χ1) is 7.84. The summed E-state index contributed by atoms with van der Waals surface area (Å²) in [6.07, 6.45) is 3.36. The van der Waals surface area contributed by atoms with Gasteiger partial charge in [0.15, 0.2) is 0 Å². The predicted octanol–water partition coefficient (Wildman–Crippen LogP) is 2.89. The lowest BCUT2D eigenvalue weighted by Gasteiger charge is -2.08. The van der Waals surface area contributed by atoms with E-state index in [4.69, 9.17) is 10.5 Å². The summed E-state index contributed by atoms with van der Waals surface area (Å²) in [5.41, 5.74) is 7.62. The number of anilines is 2. The molecule has 90 valence electrons. The predicted molar refractivity (Wildman–Crippen MR) is 69.7 cm³/mol. The maximum atomic E-state index is 5.81. The van der Waals surface area contributed by atoms with Crippen LogP contribution in [0.5, 0.6) is 0 Å². The fourth-order valence-corrected chi connectivity index (χ4v) is 1.40. The Hall–Kier alpha value is -1.22. The second-order valence-electron chi connectivity index (χ2n) is 3.83. The largest absolute Gasteiger partial charge is 0.397 e. The zero-order chi connectivity index (χ0) is 11.6. The van der Waals surface area contributed by atoms with Gasteiger partial charge < -0.3 is 15.8 Å². The lowest BCUT2D eigenvalue weighted by molar-refractivity contribution is 0.131. The fraction of sp³-hybridized carbons (Fsp3) is 0.538. The second kappa shape index (κ2) is 7.99. The van der Waals surface area contributed by atoms with Crippen LogP contribution in [0.1, 0.15) is 26.2 Å². The molecule has 1 rings (SSSR count). The van der Waals surface area contributed by atoms with Crippen LogP contribution in [0.15, 0.2) is 24.3 Å². The van der Waals surface area contributed by atoms with Crippen molar-refractivity contribution in [3.05, 3.63) is 24.3 Å². The van der Waals surface area contributed by atoms with Crippen LogP contribution in [-0.2, 0) is 4.74 Å². The van der Waals surface area contributed by atoms with Crippen LogP contribution in [0.4, 0.5) is 11.4 Å². The summed E-state index contributed by atoms with van der Waals surface area (Å²) >= 11 is 0. The Bertz CT molecular complexity index is 289.